The molecule has 14 heavy (non-hydrogen) atoms. The van der Waals surface area contributed by atoms with E-state index in [1.54, 1.807) is 0 Å². The average molecular weight is 257 g/mol. The second-order valence-corrected chi connectivity index (χ2v) is 8.65. The number of halogens is 6. The lowest BCUT2D eigenvalue weighted by Gasteiger charge is -2.34. The number of rotatable bonds is 3. The zero-order chi connectivity index (χ0) is 11.8. The second kappa shape index (κ2) is 3.94. The molecule has 8 heteroatoms. The van der Waals surface area contributed by atoms with Crippen LogP contribution in [0.3, 0.4) is 0 Å². The van der Waals surface area contributed by atoms with Crippen LogP contribution in [0, 0.1) is 0 Å². The van der Waals surface area contributed by atoms with Gasteiger partial charge in [0, 0.05) is 0 Å². The van der Waals surface area contributed by atoms with Crippen LogP contribution in [0.1, 0.15) is 0 Å². The first kappa shape index (κ1) is 14.1. The summed E-state index contributed by atoms with van der Waals surface area (Å²) in [6.07, 6.45) is -9.10. The standard InChI is InChI=1S/C6H10ClF5OSi/c1-14(2,3)13-5(7,4(8)9)6(10,11)12/h4H,1-3H3. The molecular weight excluding hydrogens is 247 g/mol. The summed E-state index contributed by atoms with van der Waals surface area (Å²) in [5.74, 6) is 0. The molecule has 0 saturated carbocycles. The Morgan fingerprint density at radius 1 is 1.14 bits per heavy atom. The summed E-state index contributed by atoms with van der Waals surface area (Å²) in [5.41, 5.74) is 0. The van der Waals surface area contributed by atoms with Crippen LogP contribution >= 0.6 is 11.6 Å². The Kier molecular flexibility index (Phi) is 3.97. The third kappa shape index (κ3) is 3.36. The van der Waals surface area contributed by atoms with Crippen LogP contribution in [0.5, 0.6) is 0 Å². The van der Waals surface area contributed by atoms with Crippen LogP contribution in [0.15, 0.2) is 0 Å². The van der Waals surface area contributed by atoms with Gasteiger partial charge in [0.25, 0.3) is 11.5 Å². The first-order chi connectivity index (χ1) is 5.90. The third-order valence-electron chi connectivity index (χ3n) is 1.12. The van der Waals surface area contributed by atoms with Gasteiger partial charge in [-0.05, 0) is 19.6 Å². The Bertz CT molecular complexity index is 201. The normalized spacial score (nSPS) is 18.4. The molecule has 0 rings (SSSR count). The first-order valence-electron chi connectivity index (χ1n) is 3.64. The van der Waals surface area contributed by atoms with Gasteiger partial charge in [0.15, 0.2) is 8.32 Å². The lowest BCUT2D eigenvalue weighted by molar-refractivity contribution is -0.252. The van der Waals surface area contributed by atoms with E-state index in [1.165, 1.54) is 19.6 Å². The summed E-state index contributed by atoms with van der Waals surface area (Å²) < 4.78 is 65.1. The summed E-state index contributed by atoms with van der Waals surface area (Å²) in [4.78, 5) is 0. The van der Waals surface area contributed by atoms with E-state index < -0.39 is 26.0 Å². The van der Waals surface area contributed by atoms with Crippen molar-refractivity contribution in [3.05, 3.63) is 0 Å². The van der Waals surface area contributed by atoms with Crippen LogP contribution in [0.4, 0.5) is 22.0 Å². The molecule has 1 unspecified atom stereocenters. The minimum absolute atomic E-state index is 1.35. The molecule has 1 nitrogen and oxygen atoms in total. The summed E-state index contributed by atoms with van der Waals surface area (Å²) in [6.45, 7) is 4.04. The molecule has 0 aliphatic carbocycles. The van der Waals surface area contributed by atoms with Gasteiger partial charge in [0.1, 0.15) is 0 Å². The molecule has 0 fully saturated rings. The molecule has 0 aliphatic rings. The van der Waals surface area contributed by atoms with Gasteiger partial charge < -0.3 is 4.43 Å². The molecule has 0 aliphatic heterocycles. The molecular formula is C6H10ClF5OSi. The topological polar surface area (TPSA) is 9.23 Å². The molecule has 86 valence electrons. The molecule has 0 aromatic carbocycles. The van der Waals surface area contributed by atoms with Crippen molar-refractivity contribution in [2.45, 2.75) is 37.3 Å². The van der Waals surface area contributed by atoms with E-state index in [2.05, 4.69) is 4.43 Å². The van der Waals surface area contributed by atoms with Crippen LogP contribution in [0.2, 0.25) is 19.6 Å². The monoisotopic (exact) mass is 256 g/mol. The van der Waals surface area contributed by atoms with Gasteiger partial charge in [-0.3, -0.25) is 0 Å². The van der Waals surface area contributed by atoms with Gasteiger partial charge in [0.2, 0.25) is 0 Å². The summed E-state index contributed by atoms with van der Waals surface area (Å²) in [7, 11) is -2.80. The number of hydrogen-bond acceptors (Lipinski definition) is 1. The van der Waals surface area contributed by atoms with Crippen LogP contribution in [-0.4, -0.2) is 26.0 Å². The Balaban J connectivity index is 4.94. The summed E-state index contributed by atoms with van der Waals surface area (Å²) in [5, 5.41) is -3.88. The highest BCUT2D eigenvalue weighted by Crippen LogP contribution is 2.43. The Morgan fingerprint density at radius 2 is 1.50 bits per heavy atom. The van der Waals surface area contributed by atoms with Crippen LogP contribution in [-0.2, 0) is 4.43 Å². The highest BCUT2D eigenvalue weighted by molar-refractivity contribution is 6.70. The van der Waals surface area contributed by atoms with Crippen molar-refractivity contribution in [3.8, 4) is 0 Å². The van der Waals surface area contributed by atoms with Crippen molar-refractivity contribution in [3.63, 3.8) is 0 Å². The van der Waals surface area contributed by atoms with Crippen molar-refractivity contribution in [2.75, 3.05) is 0 Å². The largest absolute Gasteiger partial charge is 0.436 e. The molecule has 0 radical (unpaired) electrons. The maximum absolute atomic E-state index is 12.2. The van der Waals surface area contributed by atoms with Crippen molar-refractivity contribution >= 4 is 19.9 Å². The van der Waals surface area contributed by atoms with Gasteiger partial charge in [-0.25, -0.2) is 8.78 Å². The van der Waals surface area contributed by atoms with E-state index in [1.807, 2.05) is 0 Å². The molecule has 0 N–H and O–H groups in total. The molecule has 1 atom stereocenters. The lowest BCUT2D eigenvalue weighted by atomic mass is 10.3. The minimum Gasteiger partial charge on any atom is -0.388 e. The Labute approximate surface area is 84.3 Å². The third-order valence-corrected chi connectivity index (χ3v) is 2.64. The van der Waals surface area contributed by atoms with E-state index in [0.29, 0.717) is 0 Å². The van der Waals surface area contributed by atoms with Gasteiger partial charge in [0.05, 0.1) is 0 Å². The van der Waals surface area contributed by atoms with E-state index in [0.717, 1.165) is 0 Å². The molecule has 0 spiro atoms. The SMILES string of the molecule is C[Si](C)(C)OC(Cl)(C(F)F)C(F)(F)F. The molecule has 0 bridgehead atoms. The highest BCUT2D eigenvalue weighted by atomic mass is 35.5. The molecule has 0 heterocycles. The zero-order valence-corrected chi connectivity index (χ0v) is 9.51. The van der Waals surface area contributed by atoms with Crippen molar-refractivity contribution < 1.29 is 26.4 Å². The fraction of sp³-hybridized carbons (Fsp3) is 1.00. The highest BCUT2D eigenvalue weighted by Gasteiger charge is 2.63. The van der Waals surface area contributed by atoms with Crippen molar-refractivity contribution in [2.24, 2.45) is 0 Å². The quantitative estimate of drug-likeness (QED) is 0.426. The van der Waals surface area contributed by atoms with E-state index in [9.17, 15) is 22.0 Å². The first-order valence-corrected chi connectivity index (χ1v) is 7.43. The van der Waals surface area contributed by atoms with Gasteiger partial charge in [-0.1, -0.05) is 11.6 Å². The van der Waals surface area contributed by atoms with Gasteiger partial charge in [-0.2, -0.15) is 13.2 Å². The fourth-order valence-electron chi connectivity index (χ4n) is 0.672. The molecule has 0 amide bonds. The van der Waals surface area contributed by atoms with E-state index in [4.69, 9.17) is 11.6 Å². The molecule has 0 aromatic rings. The molecule has 0 saturated heterocycles. The van der Waals surface area contributed by atoms with Crippen LogP contribution in [0.25, 0.3) is 0 Å². The summed E-state index contributed by atoms with van der Waals surface area (Å²) >= 11 is 4.77. The van der Waals surface area contributed by atoms with Crippen molar-refractivity contribution in [1.29, 1.82) is 0 Å². The second-order valence-electron chi connectivity index (χ2n) is 3.66. The maximum Gasteiger partial charge on any atom is 0.436 e. The smallest absolute Gasteiger partial charge is 0.388 e. The predicted octanol–water partition coefficient (Wildman–Crippen LogP) is 3.60. The average Bonchev–Trinajstić information content (AvgIpc) is 1.79. The number of alkyl halides is 6. The Hall–Kier alpha value is 0.117. The predicted molar refractivity (Wildman–Crippen MR) is 45.1 cm³/mol. The lowest BCUT2D eigenvalue weighted by Crippen LogP contribution is -2.53. The van der Waals surface area contributed by atoms with E-state index >= 15 is 0 Å². The molecule has 0 aromatic heterocycles. The summed E-state index contributed by atoms with van der Waals surface area (Å²) in [6, 6.07) is 0. The fourth-order valence-corrected chi connectivity index (χ4v) is 2.46. The van der Waals surface area contributed by atoms with Crippen molar-refractivity contribution in [1.82, 2.24) is 0 Å². The van der Waals surface area contributed by atoms with E-state index in [-0.39, 0.29) is 0 Å². The zero-order valence-electron chi connectivity index (χ0n) is 7.75. The maximum atomic E-state index is 12.2. The van der Waals surface area contributed by atoms with Gasteiger partial charge in [-0.15, -0.1) is 0 Å². The number of hydrogen-bond donors (Lipinski definition) is 0. The minimum atomic E-state index is -5.29. The van der Waals surface area contributed by atoms with Gasteiger partial charge >= 0.3 is 6.18 Å². The Morgan fingerprint density at radius 3 is 1.57 bits per heavy atom. The van der Waals surface area contributed by atoms with Crippen LogP contribution < -0.4 is 0 Å².